The largest absolute Gasteiger partial charge is 0.497 e. The first-order valence-corrected chi connectivity index (χ1v) is 12.5. The van der Waals surface area contributed by atoms with E-state index in [1.165, 1.54) is 0 Å². The van der Waals surface area contributed by atoms with Crippen LogP contribution < -0.4 is 24.8 Å². The number of ether oxygens (including phenoxy) is 1. The van der Waals surface area contributed by atoms with Crippen molar-refractivity contribution in [2.24, 2.45) is 5.41 Å². The summed E-state index contributed by atoms with van der Waals surface area (Å²) >= 11 is 6.11. The molecule has 1 N–H and O–H groups in total. The second-order valence-corrected chi connectivity index (χ2v) is 9.94. The first kappa shape index (κ1) is 23.4. The molecule has 3 aliphatic rings. The molecule has 2 saturated heterocycles. The SMILES string of the molecule is COc1ccc(N2C(=O)NC(=O)[C@]3(Cc4ccccc4N4CCN(c5ccc(Cl)cc5)C[C@@H]43)C2=O)cc1. The third kappa shape index (κ3) is 3.62. The van der Waals surface area contributed by atoms with Crippen LogP contribution >= 0.6 is 11.6 Å². The van der Waals surface area contributed by atoms with Crippen LogP contribution in [0.3, 0.4) is 0 Å². The van der Waals surface area contributed by atoms with Crippen LogP contribution in [0.5, 0.6) is 5.75 Å². The summed E-state index contributed by atoms with van der Waals surface area (Å²) in [6, 6.07) is 20.8. The Hall–Kier alpha value is -4.04. The van der Waals surface area contributed by atoms with Crippen LogP contribution in [0, 0.1) is 5.41 Å². The quantitative estimate of drug-likeness (QED) is 0.532. The van der Waals surface area contributed by atoms with Gasteiger partial charge < -0.3 is 14.5 Å². The number of hydrogen-bond acceptors (Lipinski definition) is 6. The van der Waals surface area contributed by atoms with Gasteiger partial charge in [-0.15, -0.1) is 0 Å². The Kier molecular flexibility index (Phi) is 5.56. The van der Waals surface area contributed by atoms with Crippen LogP contribution in [0.15, 0.2) is 72.8 Å². The molecule has 3 aliphatic heterocycles. The molecule has 37 heavy (non-hydrogen) atoms. The lowest BCUT2D eigenvalue weighted by atomic mass is 9.67. The number of carbonyl (C=O) groups excluding carboxylic acids is 3. The van der Waals surface area contributed by atoms with Crippen molar-refractivity contribution >= 4 is 46.5 Å². The molecular formula is C28H25ClN4O4. The number of urea groups is 1. The molecule has 0 aromatic heterocycles. The Morgan fingerprint density at radius 1 is 0.919 bits per heavy atom. The Morgan fingerprint density at radius 2 is 1.62 bits per heavy atom. The van der Waals surface area contributed by atoms with Gasteiger partial charge in [0.1, 0.15) is 5.75 Å². The van der Waals surface area contributed by atoms with E-state index in [4.69, 9.17) is 16.3 Å². The monoisotopic (exact) mass is 516 g/mol. The van der Waals surface area contributed by atoms with E-state index in [1.807, 2.05) is 48.5 Å². The lowest BCUT2D eigenvalue weighted by Crippen LogP contribution is -2.75. The number of fused-ring (bicyclic) bond motifs is 4. The minimum atomic E-state index is -1.49. The molecule has 3 aromatic carbocycles. The maximum Gasteiger partial charge on any atom is 0.335 e. The van der Waals surface area contributed by atoms with Crippen LogP contribution in [-0.4, -0.2) is 50.6 Å². The van der Waals surface area contributed by atoms with Crippen molar-refractivity contribution < 1.29 is 19.1 Å². The number of barbiturate groups is 1. The predicted molar refractivity (Wildman–Crippen MR) is 141 cm³/mol. The van der Waals surface area contributed by atoms with Gasteiger partial charge in [0.05, 0.1) is 18.8 Å². The van der Waals surface area contributed by atoms with Crippen LogP contribution in [0.4, 0.5) is 21.9 Å². The first-order valence-electron chi connectivity index (χ1n) is 12.1. The lowest BCUT2D eigenvalue weighted by Gasteiger charge is -2.55. The Bertz CT molecular complexity index is 1390. The normalized spacial score (nSPS) is 23.0. The van der Waals surface area contributed by atoms with E-state index in [0.717, 1.165) is 21.8 Å². The zero-order chi connectivity index (χ0) is 25.7. The standard InChI is InChI=1S/C28H25ClN4O4/c1-37-22-12-10-21(11-13-22)33-26(35)28(25(34)30-27(33)36)16-18-4-2-3-5-23(18)32-15-14-31(17-24(28)32)20-8-6-19(29)7-9-20/h2-13,24H,14-17H2,1H3,(H,30,34,36)/t24-,28-/m1/s1. The predicted octanol–water partition coefficient (Wildman–Crippen LogP) is 3.87. The van der Waals surface area contributed by atoms with Crippen molar-refractivity contribution in [1.82, 2.24) is 5.32 Å². The molecule has 3 heterocycles. The van der Waals surface area contributed by atoms with Gasteiger partial charge in [-0.3, -0.25) is 14.9 Å². The molecular weight excluding hydrogens is 492 g/mol. The number of imide groups is 2. The number of anilines is 3. The van der Waals surface area contributed by atoms with Crippen molar-refractivity contribution in [3.8, 4) is 5.75 Å². The van der Waals surface area contributed by atoms with Crippen LogP contribution in [0.25, 0.3) is 0 Å². The Labute approximate surface area is 219 Å². The van der Waals surface area contributed by atoms with Gasteiger partial charge in [-0.1, -0.05) is 29.8 Å². The topological polar surface area (TPSA) is 82.2 Å². The molecule has 0 saturated carbocycles. The number of nitrogens with zero attached hydrogens (tertiary/aromatic N) is 3. The van der Waals surface area contributed by atoms with Gasteiger partial charge in [0.2, 0.25) is 5.91 Å². The number of para-hydroxylation sites is 1. The molecule has 9 heteroatoms. The summed E-state index contributed by atoms with van der Waals surface area (Å²) in [6.45, 7) is 1.75. The van der Waals surface area contributed by atoms with Crippen LogP contribution in [0.2, 0.25) is 5.02 Å². The molecule has 2 fully saturated rings. The van der Waals surface area contributed by atoms with E-state index in [9.17, 15) is 14.4 Å². The van der Waals surface area contributed by atoms with E-state index < -0.39 is 29.3 Å². The summed E-state index contributed by atoms with van der Waals surface area (Å²) < 4.78 is 5.23. The zero-order valence-corrected chi connectivity index (χ0v) is 20.9. The number of nitrogens with one attached hydrogen (secondary N) is 1. The summed E-state index contributed by atoms with van der Waals surface area (Å²) in [5.41, 5.74) is 1.78. The van der Waals surface area contributed by atoms with Crippen molar-refractivity contribution in [3.05, 3.63) is 83.4 Å². The molecule has 188 valence electrons. The van der Waals surface area contributed by atoms with E-state index in [0.29, 0.717) is 36.1 Å². The van der Waals surface area contributed by atoms with E-state index >= 15 is 0 Å². The van der Waals surface area contributed by atoms with Crippen molar-refractivity contribution in [2.75, 3.05) is 41.4 Å². The molecule has 2 atom stereocenters. The maximum absolute atomic E-state index is 14.4. The van der Waals surface area contributed by atoms with Gasteiger partial charge >= 0.3 is 6.03 Å². The summed E-state index contributed by atoms with van der Waals surface area (Å²) in [7, 11) is 1.55. The first-order chi connectivity index (χ1) is 17.9. The summed E-state index contributed by atoms with van der Waals surface area (Å²) in [6.07, 6.45) is 0.198. The van der Waals surface area contributed by atoms with Gasteiger partial charge in [0.25, 0.3) is 5.91 Å². The molecule has 4 amide bonds. The van der Waals surface area contributed by atoms with Crippen LogP contribution in [0.1, 0.15) is 5.56 Å². The number of rotatable bonds is 3. The van der Waals surface area contributed by atoms with Crippen molar-refractivity contribution in [1.29, 1.82) is 0 Å². The Balaban J connectivity index is 1.46. The fourth-order valence-electron chi connectivity index (χ4n) is 5.81. The smallest absolute Gasteiger partial charge is 0.335 e. The zero-order valence-electron chi connectivity index (χ0n) is 20.2. The highest BCUT2D eigenvalue weighted by atomic mass is 35.5. The minimum Gasteiger partial charge on any atom is -0.497 e. The highest BCUT2D eigenvalue weighted by Crippen LogP contribution is 2.46. The number of carbonyl (C=O) groups is 3. The van der Waals surface area contributed by atoms with Crippen molar-refractivity contribution in [3.63, 3.8) is 0 Å². The van der Waals surface area contributed by atoms with Crippen LogP contribution in [-0.2, 0) is 16.0 Å². The van der Waals surface area contributed by atoms with E-state index in [1.54, 1.807) is 31.4 Å². The van der Waals surface area contributed by atoms with Gasteiger partial charge in [-0.05, 0) is 66.6 Å². The summed E-state index contributed by atoms with van der Waals surface area (Å²) in [5.74, 6) is -0.480. The Morgan fingerprint density at radius 3 is 2.35 bits per heavy atom. The minimum absolute atomic E-state index is 0.198. The van der Waals surface area contributed by atoms with E-state index in [-0.39, 0.29) is 6.42 Å². The molecule has 8 nitrogen and oxygen atoms in total. The number of halogens is 1. The van der Waals surface area contributed by atoms with Gasteiger partial charge in [0, 0.05) is 36.0 Å². The number of benzene rings is 3. The fourth-order valence-corrected chi connectivity index (χ4v) is 5.93. The third-order valence-corrected chi connectivity index (χ3v) is 7.91. The molecule has 6 rings (SSSR count). The number of hydrogen-bond donors (Lipinski definition) is 1. The van der Waals surface area contributed by atoms with E-state index in [2.05, 4.69) is 15.1 Å². The second kappa shape index (κ2) is 8.81. The highest BCUT2D eigenvalue weighted by molar-refractivity contribution is 6.31. The number of amides is 4. The van der Waals surface area contributed by atoms with Gasteiger partial charge in [0.15, 0.2) is 5.41 Å². The summed E-state index contributed by atoms with van der Waals surface area (Å²) in [5, 5.41) is 3.15. The molecule has 0 aliphatic carbocycles. The molecule has 3 aromatic rings. The average molecular weight is 517 g/mol. The summed E-state index contributed by atoms with van der Waals surface area (Å²) in [4.78, 5) is 46.6. The fraction of sp³-hybridized carbons (Fsp3) is 0.250. The van der Waals surface area contributed by atoms with Crippen molar-refractivity contribution in [2.45, 2.75) is 12.5 Å². The third-order valence-electron chi connectivity index (χ3n) is 7.66. The molecule has 0 radical (unpaired) electrons. The molecule has 0 bridgehead atoms. The van der Waals surface area contributed by atoms with Gasteiger partial charge in [-0.25, -0.2) is 9.69 Å². The number of piperazine rings is 1. The lowest BCUT2D eigenvalue weighted by molar-refractivity contribution is -0.144. The van der Waals surface area contributed by atoms with Gasteiger partial charge in [-0.2, -0.15) is 0 Å². The molecule has 1 spiro atoms. The highest BCUT2D eigenvalue weighted by Gasteiger charge is 2.63. The molecule has 0 unspecified atom stereocenters. The number of methoxy groups -OCH3 is 1. The maximum atomic E-state index is 14.4. The average Bonchev–Trinajstić information content (AvgIpc) is 2.92. The second-order valence-electron chi connectivity index (χ2n) is 9.51.